The van der Waals surface area contributed by atoms with Crippen molar-refractivity contribution >= 4 is 0 Å². The van der Waals surface area contributed by atoms with Crippen molar-refractivity contribution in [3.63, 3.8) is 0 Å². The number of rotatable bonds is 7. The molecule has 9 heteroatoms. The molecule has 1 saturated heterocycles. The average Bonchev–Trinajstić information content (AvgIpc) is 3.39. The van der Waals surface area contributed by atoms with Crippen LogP contribution in [0.2, 0.25) is 0 Å². The number of likely N-dealkylation sites (tertiary alicyclic amines) is 1. The van der Waals surface area contributed by atoms with E-state index in [4.69, 9.17) is 4.52 Å². The van der Waals surface area contributed by atoms with Crippen LogP contribution in [-0.2, 0) is 25.7 Å². The van der Waals surface area contributed by atoms with E-state index in [1.54, 1.807) is 12.3 Å². The summed E-state index contributed by atoms with van der Waals surface area (Å²) >= 11 is 0. The first-order valence-electron chi connectivity index (χ1n) is 10.1. The number of aryl methyl sites for hydroxylation is 1. The van der Waals surface area contributed by atoms with Crippen molar-refractivity contribution in [3.8, 4) is 0 Å². The maximum atomic E-state index is 12.9. The van der Waals surface area contributed by atoms with Gasteiger partial charge in [0.05, 0.1) is 18.4 Å². The minimum absolute atomic E-state index is 0.206. The van der Waals surface area contributed by atoms with Crippen LogP contribution in [0, 0.1) is 0 Å². The summed E-state index contributed by atoms with van der Waals surface area (Å²) in [5, 5.41) is 3.97. The van der Waals surface area contributed by atoms with Gasteiger partial charge in [0.2, 0.25) is 5.89 Å². The Balaban J connectivity index is 1.37. The van der Waals surface area contributed by atoms with E-state index in [1.807, 2.05) is 12.5 Å². The Hall–Kier alpha value is -2.68. The molecule has 0 radical (unpaired) electrons. The van der Waals surface area contributed by atoms with Gasteiger partial charge in [-0.3, -0.25) is 4.90 Å². The summed E-state index contributed by atoms with van der Waals surface area (Å²) in [7, 11) is 0. The van der Waals surface area contributed by atoms with E-state index in [0.29, 0.717) is 29.9 Å². The van der Waals surface area contributed by atoms with Gasteiger partial charge in [-0.1, -0.05) is 29.8 Å². The monoisotopic (exact) mass is 419 g/mol. The molecule has 1 fully saturated rings. The predicted molar refractivity (Wildman–Crippen MR) is 103 cm³/mol. The molecule has 2 aromatic heterocycles. The maximum Gasteiger partial charge on any atom is 0.416 e. The molecule has 1 aliphatic rings. The third-order valence-corrected chi connectivity index (χ3v) is 5.49. The summed E-state index contributed by atoms with van der Waals surface area (Å²) in [5.74, 6) is 0.905. The van der Waals surface area contributed by atoms with Gasteiger partial charge in [-0.2, -0.15) is 18.2 Å². The number of halogens is 3. The van der Waals surface area contributed by atoms with Crippen molar-refractivity contribution in [3.05, 3.63) is 65.8 Å². The topological polar surface area (TPSA) is 60.0 Å². The van der Waals surface area contributed by atoms with Crippen molar-refractivity contribution in [2.75, 3.05) is 6.54 Å². The highest BCUT2D eigenvalue weighted by Gasteiger charge is 2.30. The summed E-state index contributed by atoms with van der Waals surface area (Å²) in [5.41, 5.74) is -0.161. The fourth-order valence-electron chi connectivity index (χ4n) is 3.95. The van der Waals surface area contributed by atoms with Gasteiger partial charge in [0.1, 0.15) is 0 Å². The minimum atomic E-state index is -4.36. The molecule has 6 nitrogen and oxygen atoms in total. The third-order valence-electron chi connectivity index (χ3n) is 5.49. The summed E-state index contributed by atoms with van der Waals surface area (Å²) in [6.07, 6.45) is 5.89. The van der Waals surface area contributed by atoms with Crippen molar-refractivity contribution < 1.29 is 17.7 Å². The second-order valence-electron chi connectivity index (χ2n) is 7.69. The van der Waals surface area contributed by atoms with Crippen molar-refractivity contribution in [2.24, 2.45) is 0 Å². The summed E-state index contributed by atoms with van der Waals surface area (Å²) in [6, 6.07) is 5.66. The van der Waals surface area contributed by atoms with Crippen LogP contribution in [0.15, 0.2) is 47.5 Å². The fraction of sp³-hybridized carbons (Fsp3) is 0.476. The number of imidazole rings is 1. The standard InChI is InChI=1S/C21H24F3N5O/c22-21(23,24)17-5-3-4-16(12-17)13-19-26-20(30-27-19)14-29-9-2-1-6-18(29)7-10-28-11-8-25-15-28/h3-5,8,11-12,15,18H,1-2,6-7,9-10,13-14H2/t18-/m0/s1. The van der Waals surface area contributed by atoms with Crippen LogP contribution in [0.25, 0.3) is 0 Å². The van der Waals surface area contributed by atoms with Crippen LogP contribution in [0.4, 0.5) is 13.2 Å². The van der Waals surface area contributed by atoms with Gasteiger partial charge in [0.15, 0.2) is 5.82 Å². The van der Waals surface area contributed by atoms with E-state index in [0.717, 1.165) is 44.5 Å². The molecule has 4 rings (SSSR count). The molecule has 160 valence electrons. The SMILES string of the molecule is FC(F)(F)c1cccc(Cc2noc(CN3CCCC[C@H]3CCn3ccnc3)n2)c1. The Kier molecular flexibility index (Phi) is 6.17. The first-order chi connectivity index (χ1) is 14.5. The molecule has 0 unspecified atom stereocenters. The lowest BCUT2D eigenvalue weighted by molar-refractivity contribution is -0.137. The lowest BCUT2D eigenvalue weighted by atomic mass is 9.99. The van der Waals surface area contributed by atoms with Gasteiger partial charge >= 0.3 is 6.18 Å². The lowest BCUT2D eigenvalue weighted by Crippen LogP contribution is -2.39. The maximum absolute atomic E-state index is 12.9. The highest BCUT2D eigenvalue weighted by molar-refractivity contribution is 5.27. The van der Waals surface area contributed by atoms with Crippen molar-refractivity contribution in [1.82, 2.24) is 24.6 Å². The highest BCUT2D eigenvalue weighted by atomic mass is 19.4. The van der Waals surface area contributed by atoms with E-state index in [2.05, 4.69) is 24.6 Å². The van der Waals surface area contributed by atoms with E-state index >= 15 is 0 Å². The van der Waals surface area contributed by atoms with Gasteiger partial charge in [-0.25, -0.2) is 4.98 Å². The molecule has 1 aromatic carbocycles. The molecule has 0 amide bonds. The van der Waals surface area contributed by atoms with Crippen molar-refractivity contribution in [1.29, 1.82) is 0 Å². The lowest BCUT2D eigenvalue weighted by Gasteiger charge is -2.34. The second-order valence-corrected chi connectivity index (χ2v) is 7.69. The number of benzene rings is 1. The molecule has 3 heterocycles. The molecule has 0 aliphatic carbocycles. The van der Waals surface area contributed by atoms with E-state index < -0.39 is 11.7 Å². The van der Waals surface area contributed by atoms with Crippen LogP contribution < -0.4 is 0 Å². The van der Waals surface area contributed by atoms with Gasteiger partial charge in [0.25, 0.3) is 0 Å². The zero-order chi connectivity index (χ0) is 21.0. The number of aromatic nitrogens is 4. The Bertz CT molecular complexity index is 938. The van der Waals surface area contributed by atoms with Gasteiger partial charge in [-0.15, -0.1) is 0 Å². The predicted octanol–water partition coefficient (Wildman–Crippen LogP) is 4.32. The zero-order valence-electron chi connectivity index (χ0n) is 16.6. The Morgan fingerprint density at radius 3 is 2.90 bits per heavy atom. The summed E-state index contributed by atoms with van der Waals surface area (Å²) in [4.78, 5) is 10.9. The van der Waals surface area contributed by atoms with Crippen LogP contribution in [0.1, 0.15) is 48.5 Å². The van der Waals surface area contributed by atoms with Crippen LogP contribution in [0.3, 0.4) is 0 Å². The minimum Gasteiger partial charge on any atom is -0.338 e. The van der Waals surface area contributed by atoms with E-state index in [-0.39, 0.29) is 6.42 Å². The smallest absolute Gasteiger partial charge is 0.338 e. The van der Waals surface area contributed by atoms with Crippen LogP contribution in [0.5, 0.6) is 0 Å². The molecule has 30 heavy (non-hydrogen) atoms. The molecule has 0 bridgehead atoms. The van der Waals surface area contributed by atoms with Gasteiger partial charge in [0, 0.05) is 31.4 Å². The molecule has 3 aromatic rings. The fourth-order valence-corrected chi connectivity index (χ4v) is 3.95. The largest absolute Gasteiger partial charge is 0.416 e. The molecule has 0 spiro atoms. The summed E-state index contributed by atoms with van der Waals surface area (Å²) in [6.45, 7) is 2.44. The van der Waals surface area contributed by atoms with Crippen LogP contribution >= 0.6 is 0 Å². The Labute approximate surface area is 172 Å². The zero-order valence-corrected chi connectivity index (χ0v) is 16.6. The quantitative estimate of drug-likeness (QED) is 0.571. The Morgan fingerprint density at radius 2 is 2.10 bits per heavy atom. The first kappa shape index (κ1) is 20.6. The number of nitrogens with zero attached hydrogens (tertiary/aromatic N) is 5. The number of hydrogen-bond acceptors (Lipinski definition) is 5. The molecular weight excluding hydrogens is 395 g/mol. The molecular formula is C21H24F3N5O. The number of alkyl halides is 3. The molecule has 1 aliphatic heterocycles. The second kappa shape index (κ2) is 8.99. The Morgan fingerprint density at radius 1 is 1.20 bits per heavy atom. The number of piperidine rings is 1. The normalized spacial score (nSPS) is 18.0. The molecule has 1 atom stereocenters. The van der Waals surface area contributed by atoms with Gasteiger partial charge < -0.3 is 9.09 Å². The molecule has 0 N–H and O–H groups in total. The van der Waals surface area contributed by atoms with E-state index in [1.165, 1.54) is 12.5 Å². The number of hydrogen-bond donors (Lipinski definition) is 0. The van der Waals surface area contributed by atoms with Gasteiger partial charge in [-0.05, 0) is 37.4 Å². The third kappa shape index (κ3) is 5.27. The van der Waals surface area contributed by atoms with Crippen LogP contribution in [-0.4, -0.2) is 37.2 Å². The van der Waals surface area contributed by atoms with E-state index in [9.17, 15) is 13.2 Å². The average molecular weight is 419 g/mol. The first-order valence-corrected chi connectivity index (χ1v) is 10.1. The molecule has 0 saturated carbocycles. The highest BCUT2D eigenvalue weighted by Crippen LogP contribution is 2.30. The van der Waals surface area contributed by atoms with Crippen molar-refractivity contribution in [2.45, 2.75) is 57.4 Å². The summed E-state index contributed by atoms with van der Waals surface area (Å²) < 4.78 is 46.2.